The van der Waals surface area contributed by atoms with E-state index in [2.05, 4.69) is 55.4 Å². The molecule has 0 heteroatoms. The van der Waals surface area contributed by atoms with Gasteiger partial charge in [-0.2, -0.15) is 0 Å². The molecule has 0 fully saturated rings. The van der Waals surface area contributed by atoms with Gasteiger partial charge in [0, 0.05) is 0 Å². The van der Waals surface area contributed by atoms with Gasteiger partial charge in [0.05, 0.1) is 0 Å². The minimum Gasteiger partial charge on any atom is -0.0739 e. The van der Waals surface area contributed by atoms with E-state index in [0.717, 1.165) is 11.8 Å². The zero-order valence-corrected chi connectivity index (χ0v) is 14.4. The van der Waals surface area contributed by atoms with Gasteiger partial charge in [-0.15, -0.1) is 0 Å². The molecule has 1 atom stereocenters. The fourth-order valence-corrected chi connectivity index (χ4v) is 2.43. The molecule has 0 aliphatic carbocycles. The highest BCUT2D eigenvalue weighted by atomic mass is 14.1. The molecule has 18 heavy (non-hydrogen) atoms. The van der Waals surface area contributed by atoms with Gasteiger partial charge in [-0.05, 0) is 38.0 Å². The maximum absolute atomic E-state index is 2.35. The third-order valence-corrected chi connectivity index (χ3v) is 3.63. The largest absolute Gasteiger partial charge is 0.0739 e. The van der Waals surface area contributed by atoms with Crippen molar-refractivity contribution >= 4 is 0 Å². The van der Waals surface area contributed by atoms with Crippen molar-refractivity contribution in [1.29, 1.82) is 0 Å². The molecule has 0 bridgehead atoms. The molecule has 0 N–H and O–H groups in total. The van der Waals surface area contributed by atoms with Crippen molar-refractivity contribution in [3.8, 4) is 0 Å². The van der Waals surface area contributed by atoms with Crippen LogP contribution >= 0.6 is 0 Å². The minimum absolute atomic E-state index is 0.793. The Bertz CT molecular complexity index is 198. The maximum atomic E-state index is 2.35. The fraction of sp³-hybridized carbons (Fsp3) is 0.889. The van der Waals surface area contributed by atoms with Crippen LogP contribution in [0.1, 0.15) is 93.9 Å². The lowest BCUT2D eigenvalue weighted by atomic mass is 9.90. The van der Waals surface area contributed by atoms with Crippen molar-refractivity contribution in [1.82, 2.24) is 0 Å². The normalized spacial score (nSPS) is 13.8. The Kier molecular flexibility index (Phi) is 14.7. The second kappa shape index (κ2) is 13.2. The van der Waals surface area contributed by atoms with Crippen molar-refractivity contribution in [2.75, 3.05) is 0 Å². The SMILES string of the molecule is CCC/C(C)=C(/CC)C(C)CC.CCCC(C)C. The molecule has 110 valence electrons. The molecule has 0 aromatic carbocycles. The van der Waals surface area contributed by atoms with Crippen LogP contribution in [-0.2, 0) is 0 Å². The first-order valence-corrected chi connectivity index (χ1v) is 8.12. The van der Waals surface area contributed by atoms with Gasteiger partial charge in [-0.3, -0.25) is 0 Å². The van der Waals surface area contributed by atoms with Crippen molar-refractivity contribution < 1.29 is 0 Å². The van der Waals surface area contributed by atoms with Gasteiger partial charge in [-0.25, -0.2) is 0 Å². The van der Waals surface area contributed by atoms with Crippen molar-refractivity contribution in [3.63, 3.8) is 0 Å². The Hall–Kier alpha value is -0.260. The standard InChI is InChI=1S/C12H24.C6H14/c1-6-9-11(5)12(8-3)10(4)7-2;1-4-5-6(2)3/h10H,6-9H2,1-5H3;6H,4-5H2,1-3H3/b12-11-;. The van der Waals surface area contributed by atoms with Gasteiger partial charge in [0.25, 0.3) is 0 Å². The Morgan fingerprint density at radius 3 is 1.67 bits per heavy atom. The van der Waals surface area contributed by atoms with E-state index in [-0.39, 0.29) is 0 Å². The molecule has 0 saturated heterocycles. The lowest BCUT2D eigenvalue weighted by Crippen LogP contribution is -2.00. The smallest absolute Gasteiger partial charge is 0.0232 e. The van der Waals surface area contributed by atoms with Crippen LogP contribution in [0.15, 0.2) is 11.1 Å². The summed E-state index contributed by atoms with van der Waals surface area (Å²) >= 11 is 0. The van der Waals surface area contributed by atoms with Crippen LogP contribution in [0, 0.1) is 11.8 Å². The van der Waals surface area contributed by atoms with Crippen LogP contribution in [0.4, 0.5) is 0 Å². The average Bonchev–Trinajstić information content (AvgIpc) is 2.30. The molecular weight excluding hydrogens is 216 g/mol. The summed E-state index contributed by atoms with van der Waals surface area (Å²) in [5, 5.41) is 0. The second-order valence-electron chi connectivity index (χ2n) is 5.90. The van der Waals surface area contributed by atoms with Crippen LogP contribution in [-0.4, -0.2) is 0 Å². The van der Waals surface area contributed by atoms with Gasteiger partial charge in [0.15, 0.2) is 0 Å². The minimum atomic E-state index is 0.793. The molecule has 0 amide bonds. The van der Waals surface area contributed by atoms with Crippen molar-refractivity contribution in [3.05, 3.63) is 11.1 Å². The number of hydrogen-bond donors (Lipinski definition) is 0. The molecular formula is C18H38. The van der Waals surface area contributed by atoms with E-state index in [0.29, 0.717) is 0 Å². The van der Waals surface area contributed by atoms with Crippen LogP contribution < -0.4 is 0 Å². The van der Waals surface area contributed by atoms with Gasteiger partial charge in [0.2, 0.25) is 0 Å². The van der Waals surface area contributed by atoms with Crippen molar-refractivity contribution in [2.24, 2.45) is 11.8 Å². The lowest BCUT2D eigenvalue weighted by molar-refractivity contribution is 0.576. The van der Waals surface area contributed by atoms with Crippen molar-refractivity contribution in [2.45, 2.75) is 93.9 Å². The number of allylic oxidation sites excluding steroid dienone is 2. The summed E-state index contributed by atoms with van der Waals surface area (Å²) in [5.74, 6) is 1.69. The third kappa shape index (κ3) is 10.9. The van der Waals surface area contributed by atoms with E-state index in [9.17, 15) is 0 Å². The summed E-state index contributed by atoms with van der Waals surface area (Å²) in [4.78, 5) is 0. The topological polar surface area (TPSA) is 0 Å². The summed E-state index contributed by atoms with van der Waals surface area (Å²) in [7, 11) is 0. The van der Waals surface area contributed by atoms with Crippen LogP contribution in [0.5, 0.6) is 0 Å². The van der Waals surface area contributed by atoms with Gasteiger partial charge >= 0.3 is 0 Å². The molecule has 1 unspecified atom stereocenters. The highest BCUT2D eigenvalue weighted by Crippen LogP contribution is 2.23. The summed E-state index contributed by atoms with van der Waals surface area (Å²) in [6.45, 7) is 18.2. The third-order valence-electron chi connectivity index (χ3n) is 3.63. The summed E-state index contributed by atoms with van der Waals surface area (Å²) in [5.41, 5.74) is 3.33. The predicted molar refractivity (Wildman–Crippen MR) is 87.1 cm³/mol. The summed E-state index contributed by atoms with van der Waals surface area (Å²) in [6.07, 6.45) is 7.79. The first-order valence-electron chi connectivity index (χ1n) is 8.12. The second-order valence-corrected chi connectivity index (χ2v) is 5.90. The van der Waals surface area contributed by atoms with E-state index in [1.807, 2.05) is 0 Å². The van der Waals surface area contributed by atoms with E-state index >= 15 is 0 Å². The first-order chi connectivity index (χ1) is 8.44. The maximum Gasteiger partial charge on any atom is -0.0232 e. The van der Waals surface area contributed by atoms with Gasteiger partial charge in [0.1, 0.15) is 0 Å². The summed E-state index contributed by atoms with van der Waals surface area (Å²) in [6, 6.07) is 0. The Morgan fingerprint density at radius 2 is 1.44 bits per heavy atom. The predicted octanol–water partition coefficient (Wildman–Crippen LogP) is 7.00. The molecule has 0 radical (unpaired) electrons. The average molecular weight is 255 g/mol. The molecule has 0 spiro atoms. The van der Waals surface area contributed by atoms with Crippen LogP contribution in [0.2, 0.25) is 0 Å². The van der Waals surface area contributed by atoms with Crippen LogP contribution in [0.3, 0.4) is 0 Å². The van der Waals surface area contributed by atoms with E-state index in [4.69, 9.17) is 0 Å². The highest BCUT2D eigenvalue weighted by molar-refractivity contribution is 5.14. The van der Waals surface area contributed by atoms with E-state index < -0.39 is 0 Å². The monoisotopic (exact) mass is 254 g/mol. The fourth-order valence-electron chi connectivity index (χ4n) is 2.43. The molecule has 0 aliphatic rings. The Morgan fingerprint density at radius 1 is 0.889 bits per heavy atom. The molecule has 0 heterocycles. The Balaban J connectivity index is 0. The van der Waals surface area contributed by atoms with Gasteiger partial charge < -0.3 is 0 Å². The van der Waals surface area contributed by atoms with Crippen LogP contribution in [0.25, 0.3) is 0 Å². The number of hydrogen-bond acceptors (Lipinski definition) is 0. The van der Waals surface area contributed by atoms with E-state index in [1.54, 1.807) is 11.1 Å². The highest BCUT2D eigenvalue weighted by Gasteiger charge is 2.07. The van der Waals surface area contributed by atoms with Gasteiger partial charge in [-0.1, -0.05) is 78.9 Å². The molecule has 0 aromatic heterocycles. The summed E-state index contributed by atoms with van der Waals surface area (Å²) < 4.78 is 0. The Labute approximate surface area is 117 Å². The zero-order valence-electron chi connectivity index (χ0n) is 14.4. The quantitative estimate of drug-likeness (QED) is 0.429. The molecule has 0 rings (SSSR count). The van der Waals surface area contributed by atoms with E-state index in [1.165, 1.54) is 38.5 Å². The first kappa shape index (κ1) is 20.1. The molecule has 0 saturated carbocycles. The zero-order chi connectivity index (χ0) is 14.6. The lowest BCUT2D eigenvalue weighted by Gasteiger charge is -2.16. The number of rotatable bonds is 7. The molecule has 0 aliphatic heterocycles. The molecule has 0 nitrogen and oxygen atoms in total. The molecule has 0 aromatic rings.